The molecule has 3 nitrogen and oxygen atoms in total. The van der Waals surface area contributed by atoms with Crippen molar-refractivity contribution in [2.45, 2.75) is 19.0 Å². The van der Waals surface area contributed by atoms with Crippen LogP contribution in [0.25, 0.3) is 0 Å². The minimum absolute atomic E-state index is 0.201. The number of alkyl halides is 3. The summed E-state index contributed by atoms with van der Waals surface area (Å²) >= 11 is 11.6. The minimum atomic E-state index is -4.42. The first kappa shape index (κ1) is 16.7. The number of anilines is 1. The quantitative estimate of drug-likeness (QED) is 0.748. The molecule has 2 N–H and O–H groups in total. The highest BCUT2D eigenvalue weighted by molar-refractivity contribution is 6.42. The first-order chi connectivity index (χ1) is 10.3. The van der Waals surface area contributed by atoms with Crippen molar-refractivity contribution in [3.63, 3.8) is 0 Å². The molecule has 0 heterocycles. The molecule has 118 valence electrons. The van der Waals surface area contributed by atoms with Gasteiger partial charge < -0.3 is 10.6 Å². The lowest BCUT2D eigenvalue weighted by Crippen LogP contribution is -2.29. The Morgan fingerprint density at radius 3 is 2.50 bits per heavy atom. The summed E-state index contributed by atoms with van der Waals surface area (Å²) in [5.74, 6) is 0. The summed E-state index contributed by atoms with van der Waals surface area (Å²) in [7, 11) is 0. The topological polar surface area (TPSA) is 41.1 Å². The van der Waals surface area contributed by atoms with Crippen LogP contribution in [0.2, 0.25) is 10.0 Å². The molecule has 0 spiro atoms. The lowest BCUT2D eigenvalue weighted by Gasteiger charge is -2.17. The first-order valence-corrected chi connectivity index (χ1v) is 7.02. The number of carbonyl (C=O) groups excluding carboxylic acids is 1. The van der Waals surface area contributed by atoms with Crippen LogP contribution >= 0.6 is 23.2 Å². The van der Waals surface area contributed by atoms with Crippen LogP contribution in [0.15, 0.2) is 41.6 Å². The molecule has 0 saturated carbocycles. The zero-order valence-electron chi connectivity index (χ0n) is 11.1. The van der Waals surface area contributed by atoms with E-state index in [0.29, 0.717) is 17.1 Å². The summed E-state index contributed by atoms with van der Waals surface area (Å²) in [6.45, 7) is 0. The van der Waals surface area contributed by atoms with Crippen LogP contribution in [0.5, 0.6) is 0 Å². The zero-order valence-corrected chi connectivity index (χ0v) is 12.6. The summed E-state index contributed by atoms with van der Waals surface area (Å²) < 4.78 is 37.8. The molecule has 8 heteroatoms. The van der Waals surface area contributed by atoms with E-state index in [1.54, 1.807) is 0 Å². The van der Waals surface area contributed by atoms with Gasteiger partial charge in [0.25, 0.3) is 0 Å². The molecule has 0 unspecified atom stereocenters. The van der Waals surface area contributed by atoms with E-state index in [0.717, 1.165) is 12.2 Å². The first-order valence-electron chi connectivity index (χ1n) is 6.26. The summed E-state index contributed by atoms with van der Waals surface area (Å²) in [5, 5.41) is 5.47. The number of benzene rings is 1. The monoisotopic (exact) mass is 350 g/mol. The van der Waals surface area contributed by atoms with Crippen LogP contribution in [0, 0.1) is 0 Å². The number of carbonyl (C=O) groups is 1. The second kappa shape index (κ2) is 6.62. The average molecular weight is 351 g/mol. The highest BCUT2D eigenvalue weighted by Gasteiger charge is 2.33. The fourth-order valence-corrected chi connectivity index (χ4v) is 2.18. The van der Waals surface area contributed by atoms with Crippen molar-refractivity contribution in [2.24, 2.45) is 0 Å². The Hall–Kier alpha value is -1.66. The van der Waals surface area contributed by atoms with Gasteiger partial charge in [-0.1, -0.05) is 29.3 Å². The molecule has 0 atom stereocenters. The summed E-state index contributed by atoms with van der Waals surface area (Å²) in [5.41, 5.74) is -0.175. The van der Waals surface area contributed by atoms with Crippen LogP contribution in [0.4, 0.5) is 23.7 Å². The molecule has 22 heavy (non-hydrogen) atoms. The molecule has 0 aromatic heterocycles. The zero-order chi connectivity index (χ0) is 16.3. The molecular weight excluding hydrogens is 340 g/mol. The van der Waals surface area contributed by atoms with Gasteiger partial charge in [0.1, 0.15) is 0 Å². The molecule has 2 amide bonds. The van der Waals surface area contributed by atoms with Gasteiger partial charge in [-0.15, -0.1) is 0 Å². The van der Waals surface area contributed by atoms with Crippen molar-refractivity contribution in [1.29, 1.82) is 0 Å². The molecule has 2 rings (SSSR count). The molecule has 0 radical (unpaired) electrons. The van der Waals surface area contributed by atoms with Crippen LogP contribution in [0.1, 0.15) is 12.8 Å². The van der Waals surface area contributed by atoms with E-state index in [4.69, 9.17) is 23.2 Å². The van der Waals surface area contributed by atoms with Gasteiger partial charge in [0.15, 0.2) is 0 Å². The highest BCUT2D eigenvalue weighted by atomic mass is 35.5. The van der Waals surface area contributed by atoms with Gasteiger partial charge in [-0.2, -0.15) is 13.2 Å². The lowest BCUT2D eigenvalue weighted by molar-refractivity contribution is -0.0887. The maximum Gasteiger partial charge on any atom is 0.416 e. The van der Waals surface area contributed by atoms with Crippen LogP contribution in [-0.4, -0.2) is 12.2 Å². The van der Waals surface area contributed by atoms with E-state index in [2.05, 4.69) is 10.6 Å². The second-order valence-corrected chi connectivity index (χ2v) is 5.39. The summed E-state index contributed by atoms with van der Waals surface area (Å²) in [4.78, 5) is 11.8. The van der Waals surface area contributed by atoms with E-state index >= 15 is 0 Å². The Bertz CT molecular complexity index is 654. The van der Waals surface area contributed by atoms with E-state index in [1.807, 2.05) is 0 Å². The van der Waals surface area contributed by atoms with Gasteiger partial charge in [0.05, 0.1) is 15.6 Å². The van der Waals surface area contributed by atoms with Gasteiger partial charge in [-0.3, -0.25) is 0 Å². The smallest absolute Gasteiger partial charge is 0.311 e. The predicted octanol–water partition coefficient (Wildman–Crippen LogP) is 5.28. The van der Waals surface area contributed by atoms with Crippen molar-refractivity contribution in [3.05, 3.63) is 51.7 Å². The predicted molar refractivity (Wildman–Crippen MR) is 80.1 cm³/mol. The average Bonchev–Trinajstić information content (AvgIpc) is 2.42. The summed E-state index contributed by atoms with van der Waals surface area (Å²) in [6.07, 6.45) is -1.85. The lowest BCUT2D eigenvalue weighted by atomic mass is 10.0. The van der Waals surface area contributed by atoms with Crippen LogP contribution < -0.4 is 10.6 Å². The largest absolute Gasteiger partial charge is 0.416 e. The number of rotatable bonds is 2. The molecule has 0 aliphatic heterocycles. The second-order valence-electron chi connectivity index (χ2n) is 4.57. The third-order valence-electron chi connectivity index (χ3n) is 2.89. The van der Waals surface area contributed by atoms with Crippen molar-refractivity contribution in [3.8, 4) is 0 Å². The third kappa shape index (κ3) is 4.42. The number of hydrogen-bond acceptors (Lipinski definition) is 1. The highest BCUT2D eigenvalue weighted by Crippen LogP contribution is 2.31. The maximum absolute atomic E-state index is 12.6. The van der Waals surface area contributed by atoms with Crippen molar-refractivity contribution in [1.82, 2.24) is 5.32 Å². The molecule has 0 fully saturated rings. The van der Waals surface area contributed by atoms with Crippen molar-refractivity contribution < 1.29 is 18.0 Å². The Kier molecular flexibility index (Phi) is 5.03. The van der Waals surface area contributed by atoms with Gasteiger partial charge in [0.2, 0.25) is 0 Å². The summed E-state index contributed by atoms with van der Waals surface area (Å²) in [6, 6.07) is 3.83. The molecule has 0 bridgehead atoms. The van der Waals surface area contributed by atoms with E-state index in [9.17, 15) is 18.0 Å². The van der Waals surface area contributed by atoms with Gasteiger partial charge >= 0.3 is 12.2 Å². The molecular formula is C14H11Cl2F3N2O. The number of halogens is 5. The standard InChI is InChI=1S/C14H11Cl2F3N2O/c15-11-5-4-10(7-12(11)16)21-13(22)20-9-3-1-2-8(6-9)14(17,18)19/h2,4-7H,1,3H2,(H2,20,21,22). The van der Waals surface area contributed by atoms with Gasteiger partial charge in [0, 0.05) is 11.4 Å². The molecule has 0 saturated heterocycles. The molecule has 1 aliphatic carbocycles. The number of urea groups is 1. The minimum Gasteiger partial charge on any atom is -0.311 e. The third-order valence-corrected chi connectivity index (χ3v) is 3.63. The molecule has 1 aromatic carbocycles. The Morgan fingerprint density at radius 2 is 1.86 bits per heavy atom. The fourth-order valence-electron chi connectivity index (χ4n) is 1.88. The van der Waals surface area contributed by atoms with E-state index in [1.165, 1.54) is 18.2 Å². The number of amides is 2. The van der Waals surface area contributed by atoms with Gasteiger partial charge in [-0.05, 0) is 37.1 Å². The van der Waals surface area contributed by atoms with Crippen LogP contribution in [0.3, 0.4) is 0 Å². The van der Waals surface area contributed by atoms with E-state index < -0.39 is 17.8 Å². The molecule has 1 aliphatic rings. The van der Waals surface area contributed by atoms with Crippen molar-refractivity contribution in [2.75, 3.05) is 5.32 Å². The number of hydrogen-bond donors (Lipinski definition) is 2. The Balaban J connectivity index is 2.01. The van der Waals surface area contributed by atoms with Crippen molar-refractivity contribution >= 4 is 34.9 Å². The number of allylic oxidation sites excluding steroid dienone is 4. The normalized spacial score (nSPS) is 15.0. The SMILES string of the molecule is O=C(NC1=CC(C(F)(F)F)=CCC1)Nc1ccc(Cl)c(Cl)c1. The van der Waals surface area contributed by atoms with Gasteiger partial charge in [-0.25, -0.2) is 4.79 Å². The number of nitrogens with one attached hydrogen (secondary N) is 2. The van der Waals surface area contributed by atoms with E-state index in [-0.39, 0.29) is 17.1 Å². The van der Waals surface area contributed by atoms with Crippen LogP contribution in [-0.2, 0) is 0 Å². The fraction of sp³-hybridized carbons (Fsp3) is 0.214. The Labute approximate surface area is 134 Å². The molecule has 1 aromatic rings. The maximum atomic E-state index is 12.6. The Morgan fingerprint density at radius 1 is 1.14 bits per heavy atom.